The van der Waals surface area contributed by atoms with Crippen molar-refractivity contribution in [2.45, 2.75) is 70.6 Å². The highest BCUT2D eigenvalue weighted by Crippen LogP contribution is 2.28. The highest BCUT2D eigenvalue weighted by atomic mass is 16.5. The van der Waals surface area contributed by atoms with E-state index in [0.717, 1.165) is 29.6 Å². The van der Waals surface area contributed by atoms with Gasteiger partial charge in [0, 0.05) is 11.8 Å². The predicted molar refractivity (Wildman–Crippen MR) is 137 cm³/mol. The van der Waals surface area contributed by atoms with E-state index in [1.165, 1.54) is 75.3 Å². The largest absolute Gasteiger partial charge is 0.484 e. The molecule has 4 heteroatoms. The van der Waals surface area contributed by atoms with Gasteiger partial charge in [-0.15, -0.1) is 0 Å². The first kappa shape index (κ1) is 23.5. The second kappa shape index (κ2) is 12.0. The van der Waals surface area contributed by atoms with Crippen molar-refractivity contribution < 1.29 is 9.47 Å². The molecule has 0 heterocycles. The molecule has 4 nitrogen and oxygen atoms in total. The molecule has 0 amide bonds. The quantitative estimate of drug-likeness (QED) is 0.336. The lowest BCUT2D eigenvalue weighted by molar-refractivity contribution is 0.327. The standard InChI is InChI=1S/C29H38N2O2/c1-32-28(24-9-5-3-6-10-24)30-26-17-13-22(14-18-26)21-23-15-19-27(20-16-23)31-29(33-2)25-11-7-4-8-12-25/h13-20,24-25H,3-12,21H2,1-2H3/b30-28-,31-29-. The molecule has 2 aliphatic carbocycles. The average molecular weight is 447 g/mol. The van der Waals surface area contributed by atoms with Gasteiger partial charge in [0.2, 0.25) is 0 Å². The molecule has 33 heavy (non-hydrogen) atoms. The second-order valence-corrected chi connectivity index (χ2v) is 9.49. The normalized spacial score (nSPS) is 18.8. The maximum Gasteiger partial charge on any atom is 0.191 e. The molecule has 0 aliphatic heterocycles. The van der Waals surface area contributed by atoms with Crippen LogP contribution in [-0.4, -0.2) is 26.0 Å². The Morgan fingerprint density at radius 2 is 0.970 bits per heavy atom. The number of methoxy groups -OCH3 is 2. The monoisotopic (exact) mass is 446 g/mol. The molecule has 2 fully saturated rings. The van der Waals surface area contributed by atoms with Crippen molar-refractivity contribution in [1.82, 2.24) is 0 Å². The van der Waals surface area contributed by atoms with Crippen LogP contribution in [0.15, 0.2) is 58.5 Å². The average Bonchev–Trinajstić information content (AvgIpc) is 2.89. The van der Waals surface area contributed by atoms with Crippen LogP contribution in [0.5, 0.6) is 0 Å². The molecule has 0 atom stereocenters. The first-order valence-electron chi connectivity index (χ1n) is 12.7. The lowest BCUT2D eigenvalue weighted by atomic mass is 9.89. The fourth-order valence-electron chi connectivity index (χ4n) is 5.17. The van der Waals surface area contributed by atoms with Gasteiger partial charge in [0.1, 0.15) is 0 Å². The summed E-state index contributed by atoms with van der Waals surface area (Å²) in [6.45, 7) is 0. The van der Waals surface area contributed by atoms with Gasteiger partial charge in [-0.2, -0.15) is 0 Å². The summed E-state index contributed by atoms with van der Waals surface area (Å²) in [6.07, 6.45) is 13.5. The van der Waals surface area contributed by atoms with Crippen LogP contribution in [0, 0.1) is 11.8 Å². The Morgan fingerprint density at radius 3 is 1.30 bits per heavy atom. The maximum absolute atomic E-state index is 5.64. The summed E-state index contributed by atoms with van der Waals surface area (Å²) in [5.74, 6) is 2.73. The van der Waals surface area contributed by atoms with E-state index in [9.17, 15) is 0 Å². The number of benzene rings is 2. The van der Waals surface area contributed by atoms with Crippen molar-refractivity contribution in [3.8, 4) is 0 Å². The highest BCUT2D eigenvalue weighted by Gasteiger charge is 2.21. The molecule has 2 aromatic rings. The third-order valence-corrected chi connectivity index (χ3v) is 7.09. The van der Waals surface area contributed by atoms with Crippen molar-refractivity contribution in [2.75, 3.05) is 14.2 Å². The predicted octanol–water partition coefficient (Wildman–Crippen LogP) is 7.79. The lowest BCUT2D eigenvalue weighted by Gasteiger charge is -2.22. The number of aliphatic imine (C=N–C) groups is 2. The van der Waals surface area contributed by atoms with Gasteiger partial charge in [-0.1, -0.05) is 62.8 Å². The third-order valence-electron chi connectivity index (χ3n) is 7.09. The summed E-state index contributed by atoms with van der Waals surface area (Å²) in [4.78, 5) is 9.60. The van der Waals surface area contributed by atoms with Gasteiger partial charge >= 0.3 is 0 Å². The van der Waals surface area contributed by atoms with Crippen molar-refractivity contribution >= 4 is 23.2 Å². The van der Waals surface area contributed by atoms with E-state index >= 15 is 0 Å². The Labute approximate surface area is 199 Å². The Bertz CT molecular complexity index is 842. The van der Waals surface area contributed by atoms with Crippen LogP contribution in [0.3, 0.4) is 0 Å². The minimum Gasteiger partial charge on any atom is -0.484 e. The zero-order valence-corrected chi connectivity index (χ0v) is 20.3. The van der Waals surface area contributed by atoms with Crippen LogP contribution >= 0.6 is 0 Å². The van der Waals surface area contributed by atoms with Crippen molar-refractivity contribution in [2.24, 2.45) is 21.8 Å². The second-order valence-electron chi connectivity index (χ2n) is 9.49. The molecule has 2 aromatic carbocycles. The Kier molecular flexibility index (Phi) is 8.57. The summed E-state index contributed by atoms with van der Waals surface area (Å²) in [5.41, 5.74) is 4.50. The molecule has 0 spiro atoms. The molecule has 4 rings (SSSR count). The number of ether oxygens (including phenoxy) is 2. The van der Waals surface area contributed by atoms with Crippen LogP contribution in [-0.2, 0) is 15.9 Å². The summed E-state index contributed by atoms with van der Waals surface area (Å²) in [7, 11) is 3.50. The summed E-state index contributed by atoms with van der Waals surface area (Å²) < 4.78 is 11.3. The van der Waals surface area contributed by atoms with Crippen molar-refractivity contribution in [3.05, 3.63) is 59.7 Å². The van der Waals surface area contributed by atoms with E-state index in [-0.39, 0.29) is 0 Å². The molecule has 0 N–H and O–H groups in total. The van der Waals surface area contributed by atoms with Gasteiger partial charge < -0.3 is 9.47 Å². The van der Waals surface area contributed by atoms with Gasteiger partial charge in [0.25, 0.3) is 0 Å². The summed E-state index contributed by atoms with van der Waals surface area (Å²) in [5, 5.41) is 0. The van der Waals surface area contributed by atoms with E-state index in [1.54, 1.807) is 14.2 Å². The van der Waals surface area contributed by atoms with Crippen LogP contribution in [0.25, 0.3) is 0 Å². The maximum atomic E-state index is 5.64. The number of nitrogens with zero attached hydrogens (tertiary/aromatic N) is 2. The molecule has 0 aromatic heterocycles. The molecular formula is C29H38N2O2. The smallest absolute Gasteiger partial charge is 0.191 e. The molecule has 176 valence electrons. The van der Waals surface area contributed by atoms with E-state index in [4.69, 9.17) is 19.5 Å². The highest BCUT2D eigenvalue weighted by molar-refractivity contribution is 5.82. The van der Waals surface area contributed by atoms with Crippen LogP contribution < -0.4 is 0 Å². The van der Waals surface area contributed by atoms with Gasteiger partial charge in [0.05, 0.1) is 25.6 Å². The van der Waals surface area contributed by atoms with Crippen LogP contribution in [0.1, 0.15) is 75.3 Å². The molecule has 0 saturated heterocycles. The summed E-state index contributed by atoms with van der Waals surface area (Å²) in [6, 6.07) is 17.1. The zero-order chi connectivity index (χ0) is 22.9. The first-order valence-corrected chi connectivity index (χ1v) is 12.7. The molecule has 0 unspecified atom stereocenters. The van der Waals surface area contributed by atoms with Crippen molar-refractivity contribution in [1.29, 1.82) is 0 Å². The van der Waals surface area contributed by atoms with Gasteiger partial charge in [0.15, 0.2) is 11.8 Å². The first-order chi connectivity index (χ1) is 16.2. The number of rotatable bonds is 6. The molecule has 0 radical (unpaired) electrons. The third kappa shape index (κ3) is 6.69. The minimum atomic E-state index is 0.473. The van der Waals surface area contributed by atoms with E-state index < -0.39 is 0 Å². The Morgan fingerprint density at radius 1 is 0.606 bits per heavy atom. The number of hydrogen-bond donors (Lipinski definition) is 0. The van der Waals surface area contributed by atoms with Gasteiger partial charge in [-0.3, -0.25) is 0 Å². The van der Waals surface area contributed by atoms with E-state index in [1.807, 2.05) is 0 Å². The molecule has 0 bridgehead atoms. The minimum absolute atomic E-state index is 0.473. The fraction of sp³-hybridized carbons (Fsp3) is 0.517. The van der Waals surface area contributed by atoms with Crippen molar-refractivity contribution in [3.63, 3.8) is 0 Å². The zero-order valence-electron chi connectivity index (χ0n) is 20.3. The fourth-order valence-corrected chi connectivity index (χ4v) is 5.17. The molecular weight excluding hydrogens is 408 g/mol. The van der Waals surface area contributed by atoms with E-state index in [2.05, 4.69) is 48.5 Å². The van der Waals surface area contributed by atoms with Gasteiger partial charge in [-0.25, -0.2) is 9.98 Å². The molecule has 2 aliphatic rings. The topological polar surface area (TPSA) is 43.2 Å². The Hall–Kier alpha value is -2.62. The van der Waals surface area contributed by atoms with E-state index in [0.29, 0.717) is 11.8 Å². The SMILES string of the molecule is CO/C(=N\c1ccc(Cc2ccc(/N=C(\OC)C3CCCCC3)cc2)cc1)C1CCCCC1. The summed E-state index contributed by atoms with van der Waals surface area (Å²) >= 11 is 0. The molecule has 2 saturated carbocycles. The van der Waals surface area contributed by atoms with Crippen LogP contribution in [0.2, 0.25) is 0 Å². The van der Waals surface area contributed by atoms with Crippen LogP contribution in [0.4, 0.5) is 11.4 Å². The number of hydrogen-bond acceptors (Lipinski definition) is 4. The lowest BCUT2D eigenvalue weighted by Crippen LogP contribution is -2.19. The Balaban J connectivity index is 1.38. The van der Waals surface area contributed by atoms with Gasteiger partial charge in [-0.05, 0) is 67.5 Å².